The van der Waals surface area contributed by atoms with Crippen molar-refractivity contribution in [3.05, 3.63) is 41.6 Å². The van der Waals surface area contributed by atoms with E-state index in [0.717, 1.165) is 19.4 Å². The van der Waals surface area contributed by atoms with E-state index in [1.807, 2.05) is 6.07 Å². The van der Waals surface area contributed by atoms with Gasteiger partial charge >= 0.3 is 0 Å². The summed E-state index contributed by atoms with van der Waals surface area (Å²) in [7, 11) is 0. The third-order valence-corrected chi connectivity index (χ3v) is 3.53. The highest BCUT2D eigenvalue weighted by Crippen LogP contribution is 2.12. The van der Waals surface area contributed by atoms with Gasteiger partial charge in [-0.1, -0.05) is 0 Å². The average Bonchev–Trinajstić information content (AvgIpc) is 3.05. The molecule has 1 saturated heterocycles. The first kappa shape index (κ1) is 16.7. The lowest BCUT2D eigenvalue weighted by molar-refractivity contribution is -0.112. The van der Waals surface area contributed by atoms with Gasteiger partial charge in [0, 0.05) is 30.6 Å². The molecule has 6 nitrogen and oxygen atoms in total. The Morgan fingerprint density at radius 2 is 2.13 bits per heavy atom. The van der Waals surface area contributed by atoms with Gasteiger partial charge in [0.25, 0.3) is 5.91 Å². The Kier molecular flexibility index (Phi) is 5.89. The number of ketones is 1. The zero-order valence-electron chi connectivity index (χ0n) is 13.0. The first-order valence-electron chi connectivity index (χ1n) is 7.47. The second-order valence-corrected chi connectivity index (χ2v) is 5.30. The molecule has 1 aromatic carbocycles. The van der Waals surface area contributed by atoms with Gasteiger partial charge in [0.05, 0.1) is 6.10 Å². The van der Waals surface area contributed by atoms with Crippen LogP contribution in [0.4, 0.5) is 5.69 Å². The number of nitrogens with zero attached hydrogens (tertiary/aromatic N) is 1. The number of carbonyl (C=O) groups excluding carboxylic acids is 2. The average molecular weight is 313 g/mol. The summed E-state index contributed by atoms with van der Waals surface area (Å²) in [6.45, 7) is 2.81. The van der Waals surface area contributed by atoms with Gasteiger partial charge in [0.15, 0.2) is 5.78 Å². The van der Waals surface area contributed by atoms with Crippen molar-refractivity contribution in [2.24, 2.45) is 0 Å². The molecule has 1 fully saturated rings. The maximum Gasteiger partial charge on any atom is 0.267 e. The molecule has 120 valence electrons. The Balaban J connectivity index is 1.91. The van der Waals surface area contributed by atoms with E-state index in [0.29, 0.717) is 17.8 Å². The van der Waals surface area contributed by atoms with E-state index in [1.165, 1.54) is 13.1 Å². The van der Waals surface area contributed by atoms with Crippen LogP contribution in [0, 0.1) is 11.3 Å². The number of hydrogen-bond donors (Lipinski definition) is 2. The molecule has 2 N–H and O–H groups in total. The maximum atomic E-state index is 12.0. The predicted molar refractivity (Wildman–Crippen MR) is 85.7 cm³/mol. The molecule has 0 saturated carbocycles. The predicted octanol–water partition coefficient (Wildman–Crippen LogP) is 2.00. The fraction of sp³-hybridized carbons (Fsp3) is 0.353. The van der Waals surface area contributed by atoms with Gasteiger partial charge in [0.2, 0.25) is 0 Å². The minimum absolute atomic E-state index is 0.0151. The molecule has 1 aromatic rings. The zero-order valence-corrected chi connectivity index (χ0v) is 13.0. The minimum Gasteiger partial charge on any atom is -0.387 e. The molecule has 0 aromatic heterocycles. The van der Waals surface area contributed by atoms with E-state index in [2.05, 4.69) is 10.6 Å². The summed E-state index contributed by atoms with van der Waals surface area (Å²) in [4.78, 5) is 23.3. The van der Waals surface area contributed by atoms with E-state index in [1.54, 1.807) is 24.3 Å². The van der Waals surface area contributed by atoms with Crippen molar-refractivity contribution in [1.29, 1.82) is 5.26 Å². The molecule has 23 heavy (non-hydrogen) atoms. The second kappa shape index (κ2) is 8.11. The summed E-state index contributed by atoms with van der Waals surface area (Å²) in [6, 6.07) is 8.38. The molecule has 1 aliphatic heterocycles. The summed E-state index contributed by atoms with van der Waals surface area (Å²) in [5, 5.41) is 14.7. The number of benzene rings is 1. The van der Waals surface area contributed by atoms with Crippen molar-refractivity contribution < 1.29 is 14.3 Å². The molecule has 6 heteroatoms. The van der Waals surface area contributed by atoms with Crippen molar-refractivity contribution in [3.8, 4) is 6.07 Å². The van der Waals surface area contributed by atoms with E-state index in [4.69, 9.17) is 10.00 Å². The van der Waals surface area contributed by atoms with Crippen LogP contribution in [-0.4, -0.2) is 30.9 Å². The number of ether oxygens (including phenoxy) is 1. The first-order chi connectivity index (χ1) is 11.1. The number of amides is 1. The van der Waals surface area contributed by atoms with Crippen LogP contribution in [0.3, 0.4) is 0 Å². The SMILES string of the molecule is CC(=O)c1ccc(NC(=O)/C(C#N)=C\NCC2CCCO2)cc1. The Bertz CT molecular complexity index is 638. The summed E-state index contributed by atoms with van der Waals surface area (Å²) in [5.74, 6) is -0.540. The van der Waals surface area contributed by atoms with Crippen LogP contribution >= 0.6 is 0 Å². The summed E-state index contributed by atoms with van der Waals surface area (Å²) in [5.41, 5.74) is 1.08. The zero-order chi connectivity index (χ0) is 16.7. The van der Waals surface area contributed by atoms with Crippen LogP contribution in [-0.2, 0) is 9.53 Å². The lowest BCUT2D eigenvalue weighted by Gasteiger charge is -2.09. The summed E-state index contributed by atoms with van der Waals surface area (Å²) in [6.07, 6.45) is 3.56. The Morgan fingerprint density at radius 1 is 1.39 bits per heavy atom. The van der Waals surface area contributed by atoms with Gasteiger partial charge < -0.3 is 15.4 Å². The third kappa shape index (κ3) is 4.94. The topological polar surface area (TPSA) is 91.2 Å². The lowest BCUT2D eigenvalue weighted by atomic mass is 10.1. The van der Waals surface area contributed by atoms with Gasteiger partial charge in [-0.05, 0) is 44.0 Å². The van der Waals surface area contributed by atoms with Crippen molar-refractivity contribution in [2.75, 3.05) is 18.5 Å². The largest absolute Gasteiger partial charge is 0.387 e. The highest BCUT2D eigenvalue weighted by Gasteiger charge is 2.15. The molecule has 0 aliphatic carbocycles. The third-order valence-electron chi connectivity index (χ3n) is 3.53. The van der Waals surface area contributed by atoms with E-state index in [9.17, 15) is 9.59 Å². The monoisotopic (exact) mass is 313 g/mol. The molecule has 2 rings (SSSR count). The number of carbonyl (C=O) groups is 2. The summed E-state index contributed by atoms with van der Waals surface area (Å²) >= 11 is 0. The summed E-state index contributed by atoms with van der Waals surface area (Å²) < 4.78 is 5.45. The number of anilines is 1. The highest BCUT2D eigenvalue weighted by molar-refractivity contribution is 6.06. The lowest BCUT2D eigenvalue weighted by Crippen LogP contribution is -2.24. The molecular weight excluding hydrogens is 294 g/mol. The molecule has 1 aliphatic rings. The number of nitriles is 1. The van der Waals surface area contributed by atoms with Crippen LogP contribution in [0.1, 0.15) is 30.1 Å². The van der Waals surface area contributed by atoms with E-state index in [-0.39, 0.29) is 17.5 Å². The second-order valence-electron chi connectivity index (χ2n) is 5.30. The number of rotatable bonds is 6. The number of hydrogen-bond acceptors (Lipinski definition) is 5. The van der Waals surface area contributed by atoms with Gasteiger partial charge in [-0.2, -0.15) is 5.26 Å². The minimum atomic E-state index is -0.497. The standard InChI is InChI=1S/C17H19N3O3/c1-12(21)13-4-6-15(7-5-13)20-17(22)14(9-18)10-19-11-16-3-2-8-23-16/h4-7,10,16,19H,2-3,8,11H2,1H3,(H,20,22)/b14-10-. The maximum absolute atomic E-state index is 12.0. The Labute approximate surface area is 135 Å². The number of nitrogens with one attached hydrogen (secondary N) is 2. The molecular formula is C17H19N3O3. The normalized spacial score (nSPS) is 17.4. The fourth-order valence-electron chi connectivity index (χ4n) is 2.23. The van der Waals surface area contributed by atoms with Crippen molar-refractivity contribution in [2.45, 2.75) is 25.9 Å². The van der Waals surface area contributed by atoms with Gasteiger partial charge in [-0.25, -0.2) is 0 Å². The molecule has 1 atom stereocenters. The van der Waals surface area contributed by atoms with Crippen LogP contribution in [0.25, 0.3) is 0 Å². The van der Waals surface area contributed by atoms with Gasteiger partial charge in [-0.3, -0.25) is 9.59 Å². The van der Waals surface area contributed by atoms with Crippen molar-refractivity contribution in [1.82, 2.24) is 5.32 Å². The van der Waals surface area contributed by atoms with Crippen molar-refractivity contribution in [3.63, 3.8) is 0 Å². The van der Waals surface area contributed by atoms with Crippen LogP contribution in [0.15, 0.2) is 36.0 Å². The van der Waals surface area contributed by atoms with Crippen LogP contribution < -0.4 is 10.6 Å². The molecule has 0 radical (unpaired) electrons. The van der Waals surface area contributed by atoms with Gasteiger partial charge in [-0.15, -0.1) is 0 Å². The Morgan fingerprint density at radius 3 is 2.70 bits per heavy atom. The quantitative estimate of drug-likeness (QED) is 0.476. The van der Waals surface area contributed by atoms with E-state index < -0.39 is 5.91 Å². The Hall–Kier alpha value is -2.65. The molecule has 1 heterocycles. The van der Waals surface area contributed by atoms with Crippen molar-refractivity contribution >= 4 is 17.4 Å². The molecule has 0 bridgehead atoms. The molecule has 1 amide bonds. The smallest absolute Gasteiger partial charge is 0.267 e. The van der Waals surface area contributed by atoms with E-state index >= 15 is 0 Å². The first-order valence-corrected chi connectivity index (χ1v) is 7.47. The van der Waals surface area contributed by atoms with Gasteiger partial charge in [0.1, 0.15) is 11.6 Å². The number of Topliss-reactive ketones (excluding diaryl/α,β-unsaturated/α-hetero) is 1. The van der Waals surface area contributed by atoms with Crippen LogP contribution in [0.5, 0.6) is 0 Å². The highest BCUT2D eigenvalue weighted by atomic mass is 16.5. The molecule has 0 spiro atoms. The molecule has 1 unspecified atom stereocenters. The fourth-order valence-corrected chi connectivity index (χ4v) is 2.23. The van der Waals surface area contributed by atoms with Crippen LogP contribution in [0.2, 0.25) is 0 Å².